The molecular formula is C13H26O8. The Labute approximate surface area is 124 Å². The van der Waals surface area contributed by atoms with Gasteiger partial charge in [-0.15, -0.1) is 0 Å². The SMILES string of the molecule is C1CO1.C=CC(=O)O.CC1CO1.OCC(CO)(CO)CO. The van der Waals surface area contributed by atoms with Gasteiger partial charge in [0.2, 0.25) is 0 Å². The summed E-state index contributed by atoms with van der Waals surface area (Å²) >= 11 is 0. The van der Waals surface area contributed by atoms with Crippen LogP contribution in [-0.2, 0) is 14.3 Å². The van der Waals surface area contributed by atoms with Crippen LogP contribution in [0.15, 0.2) is 12.7 Å². The number of epoxide rings is 2. The fourth-order valence-corrected chi connectivity index (χ4v) is 0.396. The van der Waals surface area contributed by atoms with Crippen molar-refractivity contribution < 1.29 is 39.8 Å². The highest BCUT2D eigenvalue weighted by atomic mass is 16.6. The van der Waals surface area contributed by atoms with E-state index in [2.05, 4.69) is 18.2 Å². The molecular weight excluding hydrogens is 284 g/mol. The topological polar surface area (TPSA) is 143 Å². The van der Waals surface area contributed by atoms with Gasteiger partial charge in [0.1, 0.15) is 0 Å². The second-order valence-corrected chi connectivity index (χ2v) is 4.43. The number of hydrogen-bond acceptors (Lipinski definition) is 7. The van der Waals surface area contributed by atoms with Crippen molar-refractivity contribution in [3.63, 3.8) is 0 Å². The molecule has 2 saturated heterocycles. The summed E-state index contributed by atoms with van der Waals surface area (Å²) in [5.74, 6) is -0.981. The lowest BCUT2D eigenvalue weighted by Crippen LogP contribution is -2.37. The minimum Gasteiger partial charge on any atom is -0.478 e. The van der Waals surface area contributed by atoms with E-state index < -0.39 is 37.8 Å². The molecule has 0 aromatic rings. The van der Waals surface area contributed by atoms with Crippen molar-refractivity contribution in [2.24, 2.45) is 5.41 Å². The summed E-state index contributed by atoms with van der Waals surface area (Å²) < 4.78 is 9.21. The molecule has 1 atom stereocenters. The summed E-state index contributed by atoms with van der Waals surface area (Å²) in [4.78, 5) is 9.25. The van der Waals surface area contributed by atoms with Crippen molar-refractivity contribution in [3.05, 3.63) is 12.7 Å². The lowest BCUT2D eigenvalue weighted by Gasteiger charge is -2.23. The maximum atomic E-state index is 9.25. The third kappa shape index (κ3) is 19.0. The summed E-state index contributed by atoms with van der Waals surface area (Å²) in [5.41, 5.74) is -1.11. The maximum absolute atomic E-state index is 9.25. The first-order valence-corrected chi connectivity index (χ1v) is 6.39. The Hall–Kier alpha value is -1.03. The quantitative estimate of drug-likeness (QED) is 0.309. The highest BCUT2D eigenvalue weighted by molar-refractivity contribution is 5.78. The number of aliphatic hydroxyl groups excluding tert-OH is 4. The first kappa shape index (κ1) is 22.3. The van der Waals surface area contributed by atoms with E-state index in [0.717, 1.165) is 25.9 Å². The third-order valence-corrected chi connectivity index (χ3v) is 2.22. The molecule has 0 aromatic heterocycles. The molecule has 8 nitrogen and oxygen atoms in total. The number of rotatable bonds is 5. The van der Waals surface area contributed by atoms with E-state index in [1.807, 2.05) is 0 Å². The molecule has 0 saturated carbocycles. The van der Waals surface area contributed by atoms with Crippen molar-refractivity contribution in [1.82, 2.24) is 0 Å². The molecule has 2 aliphatic rings. The van der Waals surface area contributed by atoms with Crippen LogP contribution in [0.5, 0.6) is 0 Å². The fraction of sp³-hybridized carbons (Fsp3) is 0.769. The Morgan fingerprint density at radius 2 is 1.43 bits per heavy atom. The molecule has 2 aliphatic heterocycles. The third-order valence-electron chi connectivity index (χ3n) is 2.22. The maximum Gasteiger partial charge on any atom is 0.327 e. The largest absolute Gasteiger partial charge is 0.478 e. The van der Waals surface area contributed by atoms with Crippen LogP contribution >= 0.6 is 0 Å². The van der Waals surface area contributed by atoms with E-state index in [1.54, 1.807) is 0 Å². The van der Waals surface area contributed by atoms with E-state index in [4.69, 9.17) is 30.3 Å². The molecule has 1 unspecified atom stereocenters. The van der Waals surface area contributed by atoms with Crippen molar-refractivity contribution in [1.29, 1.82) is 0 Å². The average Bonchev–Trinajstić information content (AvgIpc) is 3.38. The Balaban J connectivity index is 0. The second kappa shape index (κ2) is 13.9. The summed E-state index contributed by atoms with van der Waals surface area (Å²) in [6.07, 6.45) is 1.42. The predicted molar refractivity (Wildman–Crippen MR) is 74.8 cm³/mol. The van der Waals surface area contributed by atoms with E-state index >= 15 is 0 Å². The smallest absolute Gasteiger partial charge is 0.327 e. The monoisotopic (exact) mass is 310 g/mol. The van der Waals surface area contributed by atoms with Crippen molar-refractivity contribution in [2.75, 3.05) is 46.2 Å². The number of carboxylic acid groups (broad SMARTS) is 1. The van der Waals surface area contributed by atoms with Gasteiger partial charge in [0, 0.05) is 6.08 Å². The fourth-order valence-electron chi connectivity index (χ4n) is 0.396. The summed E-state index contributed by atoms with van der Waals surface area (Å²) in [5, 5.41) is 41.6. The van der Waals surface area contributed by atoms with Gasteiger partial charge < -0.3 is 35.0 Å². The van der Waals surface area contributed by atoms with Crippen LogP contribution in [0, 0.1) is 5.41 Å². The van der Waals surface area contributed by atoms with Crippen molar-refractivity contribution in [2.45, 2.75) is 13.0 Å². The molecule has 0 amide bonds. The lowest BCUT2D eigenvalue weighted by atomic mass is 9.93. The Morgan fingerprint density at radius 1 is 1.19 bits per heavy atom. The van der Waals surface area contributed by atoms with Crippen LogP contribution in [0.1, 0.15) is 6.92 Å². The van der Waals surface area contributed by atoms with Gasteiger partial charge in [-0.2, -0.15) is 0 Å². The van der Waals surface area contributed by atoms with Gasteiger partial charge in [-0.3, -0.25) is 0 Å². The molecule has 0 aromatic carbocycles. The number of aliphatic carboxylic acids is 1. The molecule has 0 bridgehead atoms. The Bertz CT molecular complexity index is 239. The molecule has 2 rings (SSSR count). The molecule has 0 spiro atoms. The normalized spacial score (nSPS) is 17.7. The van der Waals surface area contributed by atoms with E-state index in [1.165, 1.54) is 0 Å². The Morgan fingerprint density at radius 3 is 1.43 bits per heavy atom. The molecule has 8 heteroatoms. The summed E-state index contributed by atoms with van der Waals surface area (Å²) in [6, 6.07) is 0. The number of aliphatic hydroxyl groups is 4. The number of hydrogen-bond donors (Lipinski definition) is 5. The standard InChI is InChI=1S/C5H12O4.C3H4O2.C3H6O.C2H4O/c6-1-5(2-7,3-8)4-9;1-2-3(4)5;1-3-2-4-3;1-2-3-1/h6-9H,1-4H2;2H,1H2,(H,4,5);3H,2H2,1H3;1-2H2. The average molecular weight is 310 g/mol. The highest BCUT2D eigenvalue weighted by Crippen LogP contribution is 2.11. The first-order valence-electron chi connectivity index (χ1n) is 6.39. The zero-order chi connectivity index (χ0) is 16.7. The molecule has 5 N–H and O–H groups in total. The number of carbonyl (C=O) groups is 1. The lowest BCUT2D eigenvalue weighted by molar-refractivity contribution is -0.131. The zero-order valence-electron chi connectivity index (χ0n) is 12.3. The molecule has 2 heterocycles. The summed E-state index contributed by atoms with van der Waals surface area (Å²) in [6.45, 7) is 6.38. The van der Waals surface area contributed by atoms with Gasteiger partial charge in [0.25, 0.3) is 0 Å². The van der Waals surface area contributed by atoms with Crippen molar-refractivity contribution in [3.8, 4) is 0 Å². The minimum atomic E-state index is -1.11. The minimum absolute atomic E-state index is 0.406. The van der Waals surface area contributed by atoms with Gasteiger partial charge in [0.05, 0.1) is 57.8 Å². The van der Waals surface area contributed by atoms with Crippen LogP contribution in [0.3, 0.4) is 0 Å². The molecule has 0 radical (unpaired) electrons. The molecule has 126 valence electrons. The zero-order valence-corrected chi connectivity index (χ0v) is 12.3. The van der Waals surface area contributed by atoms with Crippen LogP contribution in [0.2, 0.25) is 0 Å². The predicted octanol–water partition coefficient (Wildman–Crippen LogP) is -1.38. The van der Waals surface area contributed by atoms with Crippen LogP contribution in [0.25, 0.3) is 0 Å². The van der Waals surface area contributed by atoms with Gasteiger partial charge >= 0.3 is 5.97 Å². The van der Waals surface area contributed by atoms with Crippen LogP contribution in [0.4, 0.5) is 0 Å². The Kier molecular flexibility index (Phi) is 14.8. The molecule has 21 heavy (non-hydrogen) atoms. The molecule has 2 fully saturated rings. The second-order valence-electron chi connectivity index (χ2n) is 4.43. The van der Waals surface area contributed by atoms with Gasteiger partial charge in [-0.25, -0.2) is 4.79 Å². The summed E-state index contributed by atoms with van der Waals surface area (Å²) in [7, 11) is 0. The van der Waals surface area contributed by atoms with Crippen LogP contribution < -0.4 is 0 Å². The van der Waals surface area contributed by atoms with Gasteiger partial charge in [-0.05, 0) is 6.92 Å². The van der Waals surface area contributed by atoms with Gasteiger partial charge in [0.15, 0.2) is 0 Å². The molecule has 0 aliphatic carbocycles. The van der Waals surface area contributed by atoms with E-state index in [-0.39, 0.29) is 0 Å². The first-order chi connectivity index (χ1) is 9.91. The van der Waals surface area contributed by atoms with E-state index in [0.29, 0.717) is 6.10 Å². The van der Waals surface area contributed by atoms with Crippen LogP contribution in [-0.4, -0.2) is 83.9 Å². The van der Waals surface area contributed by atoms with Crippen molar-refractivity contribution >= 4 is 5.97 Å². The highest BCUT2D eigenvalue weighted by Gasteiger charge is 2.26. The van der Waals surface area contributed by atoms with E-state index in [9.17, 15) is 4.79 Å². The number of ether oxygens (including phenoxy) is 2. The van der Waals surface area contributed by atoms with Gasteiger partial charge in [-0.1, -0.05) is 6.58 Å². The number of carboxylic acids is 1.